The first-order valence-corrected chi connectivity index (χ1v) is 5.24. The van der Waals surface area contributed by atoms with Crippen molar-refractivity contribution in [1.82, 2.24) is 0 Å². The van der Waals surface area contributed by atoms with Gasteiger partial charge in [-0.1, -0.05) is 17.7 Å². The summed E-state index contributed by atoms with van der Waals surface area (Å²) in [4.78, 5) is 11.0. The van der Waals surface area contributed by atoms with E-state index in [0.717, 1.165) is 5.56 Å². The number of anilines is 1. The Morgan fingerprint density at radius 3 is 2.71 bits per heavy atom. The molecule has 94 valence electrons. The van der Waals surface area contributed by atoms with Gasteiger partial charge in [-0.15, -0.1) is 0 Å². The third-order valence-electron chi connectivity index (χ3n) is 2.53. The Hall–Kier alpha value is -1.59. The monoisotopic (exact) mass is 239 g/mol. The lowest BCUT2D eigenvalue weighted by molar-refractivity contribution is -0.144. The van der Waals surface area contributed by atoms with Gasteiger partial charge in [0, 0.05) is 11.3 Å². The van der Waals surface area contributed by atoms with E-state index in [1.165, 1.54) is 7.11 Å². The largest absolute Gasteiger partial charge is 0.469 e. The third-order valence-corrected chi connectivity index (χ3v) is 2.53. The molecule has 17 heavy (non-hydrogen) atoms. The van der Waals surface area contributed by atoms with E-state index in [4.69, 9.17) is 5.73 Å². The van der Waals surface area contributed by atoms with E-state index in [-0.39, 0.29) is 6.42 Å². The Morgan fingerprint density at radius 2 is 2.12 bits per heavy atom. The molecule has 1 rings (SSSR count). The van der Waals surface area contributed by atoms with Gasteiger partial charge >= 0.3 is 5.97 Å². The number of rotatable bonds is 4. The Morgan fingerprint density at radius 1 is 1.47 bits per heavy atom. The first-order valence-electron chi connectivity index (χ1n) is 5.24. The van der Waals surface area contributed by atoms with Gasteiger partial charge < -0.3 is 20.7 Å². The van der Waals surface area contributed by atoms with E-state index in [2.05, 4.69) is 4.74 Å². The lowest BCUT2D eigenvalue weighted by Crippen LogP contribution is -2.23. The van der Waals surface area contributed by atoms with Gasteiger partial charge in [0.05, 0.1) is 19.6 Å². The highest BCUT2D eigenvalue weighted by Crippen LogP contribution is 2.25. The van der Waals surface area contributed by atoms with Crippen LogP contribution in [0.25, 0.3) is 0 Å². The van der Waals surface area contributed by atoms with E-state index in [9.17, 15) is 15.0 Å². The van der Waals surface area contributed by atoms with E-state index in [0.29, 0.717) is 11.3 Å². The van der Waals surface area contributed by atoms with E-state index in [1.54, 1.807) is 18.2 Å². The maximum Gasteiger partial charge on any atom is 0.308 e. The van der Waals surface area contributed by atoms with Crippen molar-refractivity contribution in [3.63, 3.8) is 0 Å². The van der Waals surface area contributed by atoms with Crippen LogP contribution in [0.1, 0.15) is 23.7 Å². The van der Waals surface area contributed by atoms with E-state index < -0.39 is 18.2 Å². The van der Waals surface area contributed by atoms with Crippen LogP contribution in [0.3, 0.4) is 0 Å². The quantitative estimate of drug-likeness (QED) is 0.526. The number of esters is 1. The zero-order valence-corrected chi connectivity index (χ0v) is 9.88. The van der Waals surface area contributed by atoms with Gasteiger partial charge in [0.1, 0.15) is 6.10 Å². The number of nitrogens with two attached hydrogens (primary N) is 1. The molecule has 0 amide bonds. The van der Waals surface area contributed by atoms with Crippen molar-refractivity contribution < 1.29 is 19.7 Å². The fraction of sp³-hybridized carbons (Fsp3) is 0.417. The van der Waals surface area contributed by atoms with E-state index >= 15 is 0 Å². The molecule has 0 aliphatic carbocycles. The van der Waals surface area contributed by atoms with Gasteiger partial charge in [-0.3, -0.25) is 4.79 Å². The number of benzene rings is 1. The summed E-state index contributed by atoms with van der Waals surface area (Å²) in [5, 5.41) is 19.6. The fourth-order valence-corrected chi connectivity index (χ4v) is 1.52. The van der Waals surface area contributed by atoms with Crippen LogP contribution in [-0.2, 0) is 9.53 Å². The second kappa shape index (κ2) is 5.65. The molecule has 0 aromatic heterocycles. The van der Waals surface area contributed by atoms with Crippen LogP contribution in [-0.4, -0.2) is 29.4 Å². The maximum atomic E-state index is 11.0. The number of nitrogen functional groups attached to an aromatic ring is 1. The van der Waals surface area contributed by atoms with Crippen molar-refractivity contribution in [1.29, 1.82) is 0 Å². The van der Waals surface area contributed by atoms with Crippen molar-refractivity contribution >= 4 is 11.7 Å². The van der Waals surface area contributed by atoms with Gasteiger partial charge in [0.25, 0.3) is 0 Å². The minimum absolute atomic E-state index is 0.273. The van der Waals surface area contributed by atoms with Crippen molar-refractivity contribution in [2.45, 2.75) is 25.6 Å². The topological polar surface area (TPSA) is 92.8 Å². The van der Waals surface area contributed by atoms with Crippen LogP contribution in [0, 0.1) is 6.92 Å². The molecule has 0 radical (unpaired) electrons. The normalized spacial score (nSPS) is 14.1. The Kier molecular flexibility index (Phi) is 4.48. The van der Waals surface area contributed by atoms with Crippen LogP contribution in [0.15, 0.2) is 18.2 Å². The third kappa shape index (κ3) is 3.44. The predicted molar refractivity (Wildman–Crippen MR) is 63.2 cm³/mol. The zero-order chi connectivity index (χ0) is 13.0. The lowest BCUT2D eigenvalue weighted by atomic mass is 9.99. The summed E-state index contributed by atoms with van der Waals surface area (Å²) in [6.45, 7) is 1.85. The smallest absolute Gasteiger partial charge is 0.308 e. The Labute approximate surface area is 99.8 Å². The number of carbonyl (C=O) groups is 1. The number of aliphatic hydroxyl groups is 2. The van der Waals surface area contributed by atoms with Crippen molar-refractivity contribution in [2.75, 3.05) is 12.8 Å². The molecular weight excluding hydrogens is 222 g/mol. The molecule has 0 spiro atoms. The first kappa shape index (κ1) is 13.5. The second-order valence-corrected chi connectivity index (χ2v) is 3.92. The molecule has 2 unspecified atom stereocenters. The molecule has 0 aliphatic rings. The molecular formula is C12H17NO4. The number of hydrogen-bond acceptors (Lipinski definition) is 5. The predicted octanol–water partition coefficient (Wildman–Crippen LogP) is 0.535. The minimum atomic E-state index is -1.23. The SMILES string of the molecule is COC(=O)CC(O)C(O)c1cc(C)ccc1N. The van der Waals surface area contributed by atoms with Gasteiger partial charge in [-0.25, -0.2) is 0 Å². The average Bonchev–Trinajstić information content (AvgIpc) is 2.31. The highest BCUT2D eigenvalue weighted by atomic mass is 16.5. The number of aryl methyl sites for hydroxylation is 1. The highest BCUT2D eigenvalue weighted by Gasteiger charge is 2.23. The number of methoxy groups -OCH3 is 1. The summed E-state index contributed by atoms with van der Waals surface area (Å²) in [7, 11) is 1.22. The molecule has 1 aromatic carbocycles. The summed E-state index contributed by atoms with van der Waals surface area (Å²) < 4.78 is 4.42. The summed E-state index contributed by atoms with van der Waals surface area (Å²) in [6.07, 6.45) is -2.70. The molecule has 0 saturated carbocycles. The molecule has 1 aromatic rings. The average molecular weight is 239 g/mol. The maximum absolute atomic E-state index is 11.0. The summed E-state index contributed by atoms with van der Waals surface area (Å²) in [5.74, 6) is -0.581. The van der Waals surface area contributed by atoms with Crippen molar-refractivity contribution in [3.8, 4) is 0 Å². The number of ether oxygens (including phenoxy) is 1. The fourth-order valence-electron chi connectivity index (χ4n) is 1.52. The van der Waals surface area contributed by atoms with Crippen molar-refractivity contribution in [3.05, 3.63) is 29.3 Å². The lowest BCUT2D eigenvalue weighted by Gasteiger charge is -2.19. The number of hydrogen-bond donors (Lipinski definition) is 3. The van der Waals surface area contributed by atoms with Gasteiger partial charge in [0.2, 0.25) is 0 Å². The molecule has 0 saturated heterocycles. The van der Waals surface area contributed by atoms with Crippen LogP contribution in [0.4, 0.5) is 5.69 Å². The Bertz CT molecular complexity index is 405. The van der Waals surface area contributed by atoms with E-state index in [1.807, 2.05) is 6.92 Å². The van der Waals surface area contributed by atoms with Gasteiger partial charge in [0.15, 0.2) is 0 Å². The van der Waals surface area contributed by atoms with Crippen LogP contribution in [0.5, 0.6) is 0 Å². The first-order chi connectivity index (χ1) is 7.95. The minimum Gasteiger partial charge on any atom is -0.469 e. The second-order valence-electron chi connectivity index (χ2n) is 3.92. The Balaban J connectivity index is 2.84. The van der Waals surface area contributed by atoms with Crippen LogP contribution in [0.2, 0.25) is 0 Å². The molecule has 5 heteroatoms. The molecule has 5 nitrogen and oxygen atoms in total. The molecule has 4 N–H and O–H groups in total. The zero-order valence-electron chi connectivity index (χ0n) is 9.88. The number of aliphatic hydroxyl groups excluding tert-OH is 2. The molecule has 2 atom stereocenters. The molecule has 0 heterocycles. The van der Waals surface area contributed by atoms with Crippen LogP contribution < -0.4 is 5.73 Å². The summed E-state index contributed by atoms with van der Waals surface area (Å²) in [6, 6.07) is 5.14. The summed E-state index contributed by atoms with van der Waals surface area (Å²) in [5.41, 5.74) is 7.42. The number of carbonyl (C=O) groups excluding carboxylic acids is 1. The summed E-state index contributed by atoms with van der Waals surface area (Å²) >= 11 is 0. The molecule has 0 bridgehead atoms. The van der Waals surface area contributed by atoms with Crippen LogP contribution >= 0.6 is 0 Å². The molecule has 0 aliphatic heterocycles. The highest BCUT2D eigenvalue weighted by molar-refractivity contribution is 5.70. The molecule has 0 fully saturated rings. The van der Waals surface area contributed by atoms with Gasteiger partial charge in [-0.2, -0.15) is 0 Å². The van der Waals surface area contributed by atoms with Crippen molar-refractivity contribution in [2.24, 2.45) is 0 Å². The standard InChI is InChI=1S/C12H17NO4/c1-7-3-4-9(13)8(5-7)12(16)10(14)6-11(15)17-2/h3-5,10,12,14,16H,6,13H2,1-2H3. The van der Waals surface area contributed by atoms with Gasteiger partial charge in [-0.05, 0) is 13.0 Å².